The van der Waals surface area contributed by atoms with Gasteiger partial charge in [-0.15, -0.1) is 5.10 Å². The van der Waals surface area contributed by atoms with Crippen molar-refractivity contribution in [1.29, 1.82) is 0 Å². The van der Waals surface area contributed by atoms with Crippen molar-refractivity contribution in [2.75, 3.05) is 45.8 Å². The van der Waals surface area contributed by atoms with E-state index < -0.39 is 6.17 Å². The lowest BCUT2D eigenvalue weighted by atomic mass is 9.87. The van der Waals surface area contributed by atoms with Crippen LogP contribution in [0.5, 0.6) is 11.5 Å². The average Bonchev–Trinajstić information content (AvgIpc) is 3.32. The summed E-state index contributed by atoms with van der Waals surface area (Å²) in [5.74, 6) is 1.55. The van der Waals surface area contributed by atoms with Crippen LogP contribution in [0, 0.1) is 0 Å². The maximum absolute atomic E-state index is 14.9. The number of alkyl halides is 1. The number of nitrogens with zero attached hydrogens (tertiary/aromatic N) is 4. The van der Waals surface area contributed by atoms with Gasteiger partial charge in [0.25, 0.3) is 0 Å². The van der Waals surface area contributed by atoms with E-state index in [1.165, 1.54) is 0 Å². The topological polar surface area (TPSA) is 84.2 Å². The van der Waals surface area contributed by atoms with Crippen LogP contribution < -0.4 is 14.8 Å². The fraction of sp³-hybridized carbons (Fsp3) is 0.333. The summed E-state index contributed by atoms with van der Waals surface area (Å²) in [6.45, 7) is 1.63. The molecule has 0 saturated carbocycles. The van der Waals surface area contributed by atoms with Gasteiger partial charge in [0.1, 0.15) is 17.7 Å². The first-order valence-electron chi connectivity index (χ1n) is 12.0. The Morgan fingerprint density at radius 2 is 1.92 bits per heavy atom. The van der Waals surface area contributed by atoms with Crippen molar-refractivity contribution in [3.63, 3.8) is 0 Å². The molecule has 188 valence electrons. The van der Waals surface area contributed by atoms with Crippen LogP contribution >= 0.6 is 0 Å². The lowest BCUT2D eigenvalue weighted by Crippen LogP contribution is -2.42. The van der Waals surface area contributed by atoms with Crippen molar-refractivity contribution in [2.45, 2.75) is 18.5 Å². The fourth-order valence-corrected chi connectivity index (χ4v) is 4.87. The highest BCUT2D eigenvalue weighted by Gasteiger charge is 2.30. The Kier molecular flexibility index (Phi) is 7.02. The first kappa shape index (κ1) is 24.0. The number of aliphatic hydroxyl groups excluding tert-OH is 1. The molecule has 2 N–H and O–H groups in total. The number of β-amino-alcohol motifs (C(OH)–C–C–N with tert-alkyl or cyclic N) is 1. The number of rotatable bonds is 8. The Bertz CT molecular complexity index is 1340. The van der Waals surface area contributed by atoms with Crippen LogP contribution in [0.25, 0.3) is 16.8 Å². The summed E-state index contributed by atoms with van der Waals surface area (Å²) in [4.78, 5) is 6.42. The van der Waals surface area contributed by atoms with E-state index in [0.717, 1.165) is 34.6 Å². The lowest BCUT2D eigenvalue weighted by molar-refractivity contribution is 0.0995. The zero-order valence-corrected chi connectivity index (χ0v) is 20.4. The third-order valence-corrected chi connectivity index (χ3v) is 6.72. The smallest absolute Gasteiger partial charge is 0.245 e. The van der Waals surface area contributed by atoms with Crippen molar-refractivity contribution in [3.05, 3.63) is 66.4 Å². The second kappa shape index (κ2) is 10.5. The van der Waals surface area contributed by atoms with Gasteiger partial charge in [-0.3, -0.25) is 4.90 Å². The molecule has 8 nitrogen and oxygen atoms in total. The maximum atomic E-state index is 14.9. The number of piperidine rings is 1. The van der Waals surface area contributed by atoms with Gasteiger partial charge < -0.3 is 19.9 Å². The van der Waals surface area contributed by atoms with Crippen LogP contribution in [0.3, 0.4) is 0 Å². The second-order valence-corrected chi connectivity index (χ2v) is 8.86. The van der Waals surface area contributed by atoms with Gasteiger partial charge in [0.05, 0.1) is 43.9 Å². The van der Waals surface area contributed by atoms with E-state index in [0.29, 0.717) is 36.9 Å². The van der Waals surface area contributed by atoms with E-state index in [9.17, 15) is 4.39 Å². The number of hydrogen-bond donors (Lipinski definition) is 2. The number of aromatic nitrogens is 3. The van der Waals surface area contributed by atoms with E-state index >= 15 is 0 Å². The number of anilines is 2. The zero-order valence-electron chi connectivity index (χ0n) is 20.4. The summed E-state index contributed by atoms with van der Waals surface area (Å²) in [5, 5.41) is 17.1. The minimum Gasteiger partial charge on any atom is -0.496 e. The highest BCUT2D eigenvalue weighted by atomic mass is 19.1. The Morgan fingerprint density at radius 3 is 2.69 bits per heavy atom. The summed E-state index contributed by atoms with van der Waals surface area (Å²) < 4.78 is 27.9. The van der Waals surface area contributed by atoms with Gasteiger partial charge in [-0.2, -0.15) is 0 Å². The Labute approximate surface area is 209 Å². The number of benzene rings is 2. The normalized spacial score (nSPS) is 18.3. The Hall–Kier alpha value is -3.69. The van der Waals surface area contributed by atoms with E-state index in [1.807, 2.05) is 64.0 Å². The largest absolute Gasteiger partial charge is 0.496 e. The van der Waals surface area contributed by atoms with Crippen molar-refractivity contribution in [2.24, 2.45) is 0 Å². The standard InChI is InChI=1S/C27H30FN5O3/c1-35-25-6-4-3-5-21(25)24-10-8-19-16-29-27(31-33(19)24)30-23-9-7-18(15-26(23)36-2)20-11-12-32(13-14-34)17-22(20)28/h3-10,15-16,20,22,34H,11-14,17H2,1-2H3,(H,30,31)/t20-,22-/m0/s1. The summed E-state index contributed by atoms with van der Waals surface area (Å²) in [6, 6.07) is 17.4. The summed E-state index contributed by atoms with van der Waals surface area (Å²) in [6.07, 6.45) is 1.45. The molecule has 0 amide bonds. The number of para-hydroxylation sites is 1. The molecule has 36 heavy (non-hydrogen) atoms. The molecule has 0 bridgehead atoms. The van der Waals surface area contributed by atoms with Gasteiger partial charge in [0.15, 0.2) is 0 Å². The Morgan fingerprint density at radius 1 is 1.08 bits per heavy atom. The number of fused-ring (bicyclic) bond motifs is 1. The van der Waals surface area contributed by atoms with Crippen LogP contribution in [0.2, 0.25) is 0 Å². The minimum atomic E-state index is -0.998. The molecule has 4 aromatic rings. The van der Waals surface area contributed by atoms with Crippen molar-refractivity contribution in [1.82, 2.24) is 19.5 Å². The highest BCUT2D eigenvalue weighted by Crippen LogP contribution is 2.36. The predicted octanol–water partition coefficient (Wildman–Crippen LogP) is 4.28. The minimum absolute atomic E-state index is 0.0445. The Balaban J connectivity index is 1.40. The molecule has 9 heteroatoms. The van der Waals surface area contributed by atoms with E-state index in [1.54, 1.807) is 20.4 Å². The number of nitrogens with one attached hydrogen (secondary N) is 1. The van der Waals surface area contributed by atoms with Gasteiger partial charge >= 0.3 is 0 Å². The number of likely N-dealkylation sites (tertiary alicyclic amines) is 1. The molecule has 2 aromatic carbocycles. The molecule has 3 heterocycles. The molecule has 0 aliphatic carbocycles. The molecule has 0 spiro atoms. The molecular formula is C27H30FN5O3. The van der Waals surface area contributed by atoms with E-state index in [-0.39, 0.29) is 12.5 Å². The van der Waals surface area contributed by atoms with Gasteiger partial charge in [-0.25, -0.2) is 13.9 Å². The molecule has 0 unspecified atom stereocenters. The summed E-state index contributed by atoms with van der Waals surface area (Å²) in [5.41, 5.74) is 4.26. The molecule has 1 saturated heterocycles. The molecule has 2 atom stereocenters. The van der Waals surface area contributed by atoms with Crippen molar-refractivity contribution in [3.8, 4) is 22.8 Å². The number of hydrogen-bond acceptors (Lipinski definition) is 7. The quantitative estimate of drug-likeness (QED) is 0.381. The molecular weight excluding hydrogens is 461 g/mol. The van der Waals surface area contributed by atoms with Crippen LogP contribution in [0.15, 0.2) is 60.8 Å². The second-order valence-electron chi connectivity index (χ2n) is 8.86. The summed E-state index contributed by atoms with van der Waals surface area (Å²) in [7, 11) is 3.24. The fourth-order valence-electron chi connectivity index (χ4n) is 4.87. The van der Waals surface area contributed by atoms with Crippen LogP contribution in [0.4, 0.5) is 16.0 Å². The van der Waals surface area contributed by atoms with E-state index in [2.05, 4.69) is 10.3 Å². The maximum Gasteiger partial charge on any atom is 0.245 e. The lowest BCUT2D eigenvalue weighted by Gasteiger charge is -2.34. The number of ether oxygens (including phenoxy) is 2. The number of halogens is 1. The monoisotopic (exact) mass is 491 g/mol. The van der Waals surface area contributed by atoms with Crippen molar-refractivity contribution < 1.29 is 19.0 Å². The van der Waals surface area contributed by atoms with Crippen molar-refractivity contribution >= 4 is 17.2 Å². The first-order chi connectivity index (χ1) is 17.6. The summed E-state index contributed by atoms with van der Waals surface area (Å²) >= 11 is 0. The van der Waals surface area contributed by atoms with Crippen LogP contribution in [-0.2, 0) is 0 Å². The van der Waals surface area contributed by atoms with Crippen LogP contribution in [0.1, 0.15) is 17.9 Å². The van der Waals surface area contributed by atoms with Gasteiger partial charge in [0, 0.05) is 24.6 Å². The third kappa shape index (κ3) is 4.72. The first-order valence-corrected chi connectivity index (χ1v) is 12.0. The zero-order chi connectivity index (χ0) is 25.1. The molecule has 1 aliphatic rings. The molecule has 5 rings (SSSR count). The molecule has 2 aromatic heterocycles. The average molecular weight is 492 g/mol. The van der Waals surface area contributed by atoms with Crippen LogP contribution in [-0.4, -0.2) is 71.2 Å². The highest BCUT2D eigenvalue weighted by molar-refractivity contribution is 5.72. The van der Waals surface area contributed by atoms with Gasteiger partial charge in [-0.05, 0) is 54.9 Å². The molecule has 0 radical (unpaired) electrons. The number of methoxy groups -OCH3 is 2. The molecule has 1 fully saturated rings. The number of aliphatic hydroxyl groups is 1. The third-order valence-electron chi connectivity index (χ3n) is 6.72. The van der Waals surface area contributed by atoms with Gasteiger partial charge in [-0.1, -0.05) is 18.2 Å². The SMILES string of the molecule is COc1cc([C@@H]2CCN(CCO)C[C@@H]2F)ccc1Nc1ncc2ccc(-c3ccccc3OC)n2n1. The van der Waals surface area contributed by atoms with E-state index in [4.69, 9.17) is 19.7 Å². The predicted molar refractivity (Wildman–Crippen MR) is 137 cm³/mol. The van der Waals surface area contributed by atoms with Gasteiger partial charge in [0.2, 0.25) is 5.95 Å². The molecule has 1 aliphatic heterocycles.